The molecule has 9 nitrogen and oxygen atoms in total. The number of ether oxygens (including phenoxy) is 2. The molecule has 0 saturated heterocycles. The first-order chi connectivity index (χ1) is 43.0. The second kappa shape index (κ2) is 66.0. The van der Waals surface area contributed by atoms with Crippen molar-refractivity contribution in [2.24, 2.45) is 0 Å². The lowest BCUT2D eigenvalue weighted by Gasteiger charge is -2.28. The highest BCUT2D eigenvalue weighted by atomic mass is 31.2. The number of esters is 2. The van der Waals surface area contributed by atoms with E-state index in [4.69, 9.17) is 18.5 Å². The Morgan fingerprint density at radius 1 is 0.352 bits per heavy atom. The van der Waals surface area contributed by atoms with Crippen molar-refractivity contribution in [3.05, 3.63) is 207 Å². The number of quaternary nitrogens is 1. The van der Waals surface area contributed by atoms with Crippen LogP contribution in [0.1, 0.15) is 219 Å². The summed E-state index contributed by atoms with van der Waals surface area (Å²) < 4.78 is 34.2. The highest BCUT2D eigenvalue weighted by Gasteiger charge is 2.22. The number of likely N-dealkylation sites (N-methyl/N-ethyl adjacent to an activating group) is 1. The van der Waals surface area contributed by atoms with Crippen LogP contribution in [-0.2, 0) is 32.7 Å². The molecule has 0 radical (unpaired) electrons. The molecular weight excluding hydrogens is 1110 g/mol. The molecule has 88 heavy (non-hydrogen) atoms. The number of phosphoric ester groups is 1. The van der Waals surface area contributed by atoms with Crippen molar-refractivity contribution >= 4 is 19.8 Å². The number of phosphoric acid groups is 1. The minimum Gasteiger partial charge on any atom is -0.756 e. The summed E-state index contributed by atoms with van der Waals surface area (Å²) in [5, 5.41) is 0. The summed E-state index contributed by atoms with van der Waals surface area (Å²) in [5.41, 5.74) is 0. The van der Waals surface area contributed by atoms with Crippen LogP contribution in [0.4, 0.5) is 0 Å². The maximum Gasteiger partial charge on any atom is 0.306 e. The maximum atomic E-state index is 12.9. The number of unbranched alkanes of at least 4 members (excludes halogenated alkanes) is 11. The molecule has 0 aliphatic heterocycles. The Labute approximate surface area is 538 Å². The summed E-state index contributed by atoms with van der Waals surface area (Å²) in [5.74, 6) is -0.894. The highest BCUT2D eigenvalue weighted by molar-refractivity contribution is 7.45. The van der Waals surface area contributed by atoms with Gasteiger partial charge in [-0.05, 0) is 148 Å². The highest BCUT2D eigenvalue weighted by Crippen LogP contribution is 2.38. The van der Waals surface area contributed by atoms with Crippen LogP contribution >= 0.6 is 7.82 Å². The van der Waals surface area contributed by atoms with Gasteiger partial charge >= 0.3 is 11.9 Å². The third-order valence-electron chi connectivity index (χ3n) is 13.3. The number of rotatable bonds is 59. The Morgan fingerprint density at radius 3 is 0.909 bits per heavy atom. The van der Waals surface area contributed by atoms with Crippen molar-refractivity contribution in [3.63, 3.8) is 0 Å². The fraction of sp³-hybridized carbons (Fsp3) is 0.538. The van der Waals surface area contributed by atoms with E-state index in [1.807, 2.05) is 21.1 Å². The van der Waals surface area contributed by atoms with Gasteiger partial charge in [0.25, 0.3) is 7.82 Å². The molecule has 2 atom stereocenters. The molecule has 10 heteroatoms. The second-order valence-electron chi connectivity index (χ2n) is 22.7. The van der Waals surface area contributed by atoms with Crippen molar-refractivity contribution in [1.82, 2.24) is 0 Å². The monoisotopic (exact) mass is 1230 g/mol. The Hall–Kier alpha value is -5.41. The fourth-order valence-electron chi connectivity index (χ4n) is 8.19. The van der Waals surface area contributed by atoms with Gasteiger partial charge < -0.3 is 27.9 Å². The fourth-order valence-corrected chi connectivity index (χ4v) is 8.92. The summed E-state index contributed by atoms with van der Waals surface area (Å²) >= 11 is 0. The molecule has 0 fully saturated rings. The Morgan fingerprint density at radius 2 is 0.614 bits per heavy atom. The van der Waals surface area contributed by atoms with E-state index >= 15 is 0 Å². The Bertz CT molecular complexity index is 2240. The minimum absolute atomic E-state index is 0.0508. The molecule has 2 unspecified atom stereocenters. The van der Waals surface area contributed by atoms with E-state index in [0.29, 0.717) is 23.9 Å². The van der Waals surface area contributed by atoms with E-state index < -0.39 is 32.5 Å². The zero-order chi connectivity index (χ0) is 64.1. The molecule has 0 aliphatic rings. The van der Waals surface area contributed by atoms with Gasteiger partial charge in [-0.3, -0.25) is 14.2 Å². The number of hydrogen-bond acceptors (Lipinski definition) is 8. The Kier molecular flexibility index (Phi) is 62.0. The first kappa shape index (κ1) is 82.6. The lowest BCUT2D eigenvalue weighted by molar-refractivity contribution is -0.870. The van der Waals surface area contributed by atoms with Gasteiger partial charge in [-0.25, -0.2) is 0 Å². The quantitative estimate of drug-likeness (QED) is 0.0195. The standard InChI is InChI=1S/C78H122NO8P/c1-6-8-10-12-14-16-18-20-22-24-26-28-30-32-34-36-37-38-39-40-41-43-45-47-49-51-53-55-57-59-61-63-65-67-69-71-78(81)87-76(75-86-88(82,83)85-73-72-79(3,4)5)74-84-77(80)70-68-66-64-62-60-58-56-54-52-50-48-46-44-42-35-33-31-29-27-25-23-21-19-17-15-13-11-9-7-2/h8-11,14-17,20-23,26-29,32-35,37-38,40-41,44-47,50-53,57,59,76H,6-7,12-13,18-19,24-25,30-31,36,39,42-43,48-49,54-56,58,60-75H2,1-5H3/b10-8-,11-9-,16-14-,17-15-,22-20-,23-21-,28-26-,29-27-,34-32-,35-33-,38-37-,41-40-,46-44-,47-45-,52-50-,53-51-,59-57-. The number of allylic oxidation sites excluding steroid dienone is 34. The van der Waals surface area contributed by atoms with Gasteiger partial charge in [-0.15, -0.1) is 0 Å². The molecule has 492 valence electrons. The molecule has 0 spiro atoms. The van der Waals surface area contributed by atoms with E-state index in [9.17, 15) is 19.0 Å². The van der Waals surface area contributed by atoms with Crippen molar-refractivity contribution in [2.75, 3.05) is 47.5 Å². The van der Waals surface area contributed by atoms with Crippen LogP contribution in [0.15, 0.2) is 207 Å². The molecule has 0 aromatic heterocycles. The van der Waals surface area contributed by atoms with E-state index in [0.717, 1.165) is 161 Å². The van der Waals surface area contributed by atoms with E-state index in [-0.39, 0.29) is 26.1 Å². The first-order valence-corrected chi connectivity index (χ1v) is 35.3. The van der Waals surface area contributed by atoms with Gasteiger partial charge in [0, 0.05) is 12.8 Å². The first-order valence-electron chi connectivity index (χ1n) is 33.8. The maximum absolute atomic E-state index is 12.9. The van der Waals surface area contributed by atoms with Crippen LogP contribution in [0.2, 0.25) is 0 Å². The lowest BCUT2D eigenvalue weighted by atomic mass is 10.1. The lowest BCUT2D eigenvalue weighted by Crippen LogP contribution is -2.37. The van der Waals surface area contributed by atoms with Crippen LogP contribution in [-0.4, -0.2) is 70.0 Å². The van der Waals surface area contributed by atoms with Crippen LogP contribution in [0, 0.1) is 0 Å². The number of nitrogens with zero attached hydrogens (tertiary/aromatic N) is 1. The average molecular weight is 1230 g/mol. The summed E-state index contributed by atoms with van der Waals surface area (Å²) in [7, 11) is 1.11. The topological polar surface area (TPSA) is 111 Å². The summed E-state index contributed by atoms with van der Waals surface area (Å²) in [6.45, 7) is 3.93. The molecule has 0 saturated carbocycles. The number of carbonyl (C=O) groups excluding carboxylic acids is 2. The predicted octanol–water partition coefficient (Wildman–Crippen LogP) is 21.6. The average Bonchev–Trinajstić information content (AvgIpc) is 3.57. The van der Waals surface area contributed by atoms with Crippen molar-refractivity contribution in [3.8, 4) is 0 Å². The van der Waals surface area contributed by atoms with Crippen LogP contribution in [0.25, 0.3) is 0 Å². The van der Waals surface area contributed by atoms with Crippen LogP contribution in [0.3, 0.4) is 0 Å². The van der Waals surface area contributed by atoms with Gasteiger partial charge in [0.1, 0.15) is 19.8 Å². The van der Waals surface area contributed by atoms with Gasteiger partial charge in [-0.2, -0.15) is 0 Å². The van der Waals surface area contributed by atoms with Crippen molar-refractivity contribution in [1.29, 1.82) is 0 Å². The van der Waals surface area contributed by atoms with Crippen molar-refractivity contribution in [2.45, 2.75) is 225 Å². The third-order valence-corrected chi connectivity index (χ3v) is 14.3. The molecule has 0 rings (SSSR count). The largest absolute Gasteiger partial charge is 0.756 e. The zero-order valence-corrected chi connectivity index (χ0v) is 56.7. The zero-order valence-electron chi connectivity index (χ0n) is 55.8. The predicted molar refractivity (Wildman–Crippen MR) is 378 cm³/mol. The van der Waals surface area contributed by atoms with Gasteiger partial charge in [0.15, 0.2) is 6.10 Å². The number of carbonyl (C=O) groups is 2. The molecule has 0 bridgehead atoms. The molecule has 0 aromatic carbocycles. The van der Waals surface area contributed by atoms with E-state index in [2.05, 4.69) is 220 Å². The van der Waals surface area contributed by atoms with Gasteiger partial charge in [0.05, 0.1) is 27.7 Å². The summed E-state index contributed by atoms with van der Waals surface area (Å²) in [6.07, 6.45) is 105. The van der Waals surface area contributed by atoms with E-state index in [1.165, 1.54) is 19.3 Å². The molecule has 0 aliphatic carbocycles. The minimum atomic E-state index is -4.67. The molecular formula is C78H122NO8P. The molecule has 0 heterocycles. The van der Waals surface area contributed by atoms with Gasteiger partial charge in [0.2, 0.25) is 0 Å². The van der Waals surface area contributed by atoms with E-state index in [1.54, 1.807) is 0 Å². The third kappa shape index (κ3) is 69.7. The molecule has 0 amide bonds. The van der Waals surface area contributed by atoms with Gasteiger partial charge in [-0.1, -0.05) is 265 Å². The summed E-state index contributed by atoms with van der Waals surface area (Å²) in [6, 6.07) is 0. The summed E-state index contributed by atoms with van der Waals surface area (Å²) in [4.78, 5) is 38.0. The van der Waals surface area contributed by atoms with Crippen LogP contribution in [0.5, 0.6) is 0 Å². The molecule has 0 aromatic rings. The number of hydrogen-bond donors (Lipinski definition) is 0. The second-order valence-corrected chi connectivity index (χ2v) is 24.1. The SMILES string of the molecule is CC/C=C\C/C=C\C/C=C\C/C=C\C/C=C\C/C=C\C/C=C\C/C=C\C/C=C\C/C=C\CCCCCCC(=O)OC(COC(=O)CCCCCCCCC/C=C\C/C=C\C/C=C\C/C=C\C/C=C\C/C=C\C/C=C\CC)COP(=O)([O-])OCC[N+](C)(C)C. The smallest absolute Gasteiger partial charge is 0.306 e. The normalized spacial score (nSPS) is 14.5. The molecule has 0 N–H and O–H groups in total. The van der Waals surface area contributed by atoms with Crippen LogP contribution < -0.4 is 4.89 Å². The Balaban J connectivity index is 4.26. The van der Waals surface area contributed by atoms with Crippen molar-refractivity contribution < 1.29 is 42.1 Å².